The Hall–Kier alpha value is -3.21. The van der Waals surface area contributed by atoms with Crippen LogP contribution >= 0.6 is 0 Å². The average Bonchev–Trinajstić information content (AvgIpc) is 2.94. The van der Waals surface area contributed by atoms with Crippen LogP contribution in [0.4, 0.5) is 11.4 Å². The molecule has 1 saturated heterocycles. The van der Waals surface area contributed by atoms with Crippen LogP contribution in [0.3, 0.4) is 0 Å². The first-order valence-corrected chi connectivity index (χ1v) is 9.87. The lowest BCUT2D eigenvalue weighted by Crippen LogP contribution is -2.31. The van der Waals surface area contributed by atoms with Crippen LogP contribution in [-0.2, 0) is 9.59 Å². The standard InChI is InChI=1S/C24H24N2O3/c1-14-8-10-21(16(3)11-14)25-22(27)17-5-4-6-18(13-17)26-23(28)19-9-7-15(2)12-20(19)24(26)29/h4-8,10-11,13,19-20H,9,12H2,1-3H3,(H,25,27). The van der Waals surface area contributed by atoms with Gasteiger partial charge in [-0.25, -0.2) is 0 Å². The molecule has 0 radical (unpaired) electrons. The van der Waals surface area contributed by atoms with Gasteiger partial charge in [0.1, 0.15) is 0 Å². The van der Waals surface area contributed by atoms with Crippen molar-refractivity contribution in [3.05, 3.63) is 70.8 Å². The number of hydrogen-bond donors (Lipinski definition) is 1. The number of aryl methyl sites for hydroxylation is 2. The zero-order chi connectivity index (χ0) is 20.7. The molecule has 148 valence electrons. The Labute approximate surface area is 170 Å². The summed E-state index contributed by atoms with van der Waals surface area (Å²) < 4.78 is 0. The first-order chi connectivity index (χ1) is 13.8. The van der Waals surface area contributed by atoms with Crippen LogP contribution in [-0.4, -0.2) is 17.7 Å². The van der Waals surface area contributed by atoms with E-state index < -0.39 is 0 Å². The Kier molecular flexibility index (Phi) is 4.82. The number of fused-ring (bicyclic) bond motifs is 1. The monoisotopic (exact) mass is 388 g/mol. The lowest BCUT2D eigenvalue weighted by atomic mass is 9.82. The predicted octanol–water partition coefficient (Wildman–Crippen LogP) is 4.40. The summed E-state index contributed by atoms with van der Waals surface area (Å²) >= 11 is 0. The normalized spacial score (nSPS) is 21.1. The summed E-state index contributed by atoms with van der Waals surface area (Å²) in [5.41, 5.74) is 4.86. The summed E-state index contributed by atoms with van der Waals surface area (Å²) in [5.74, 6) is -1.19. The van der Waals surface area contributed by atoms with Crippen molar-refractivity contribution >= 4 is 29.1 Å². The van der Waals surface area contributed by atoms with Gasteiger partial charge in [-0.1, -0.05) is 35.4 Å². The Balaban J connectivity index is 1.58. The van der Waals surface area contributed by atoms with E-state index in [4.69, 9.17) is 0 Å². The van der Waals surface area contributed by atoms with E-state index in [0.717, 1.165) is 22.4 Å². The SMILES string of the molecule is CC1=CCC2C(=O)N(c3cccc(C(=O)Nc4ccc(C)cc4C)c3)C(=O)C2C1. The van der Waals surface area contributed by atoms with Gasteiger partial charge in [-0.15, -0.1) is 0 Å². The lowest BCUT2D eigenvalue weighted by molar-refractivity contribution is -0.122. The smallest absolute Gasteiger partial charge is 0.255 e. The highest BCUT2D eigenvalue weighted by atomic mass is 16.2. The number of anilines is 2. The number of carbonyl (C=O) groups is 3. The van der Waals surface area contributed by atoms with E-state index in [0.29, 0.717) is 24.1 Å². The summed E-state index contributed by atoms with van der Waals surface area (Å²) in [5, 5.41) is 2.91. The largest absolute Gasteiger partial charge is 0.322 e. The van der Waals surface area contributed by atoms with E-state index >= 15 is 0 Å². The van der Waals surface area contributed by atoms with E-state index in [1.54, 1.807) is 24.3 Å². The molecule has 2 atom stereocenters. The molecule has 5 nitrogen and oxygen atoms in total. The number of rotatable bonds is 3. The number of amides is 3. The molecule has 2 unspecified atom stereocenters. The second-order valence-electron chi connectivity index (χ2n) is 8.04. The van der Waals surface area contributed by atoms with Gasteiger partial charge in [-0.05, 0) is 63.4 Å². The van der Waals surface area contributed by atoms with E-state index in [1.165, 1.54) is 4.90 Å². The summed E-state index contributed by atoms with van der Waals surface area (Å²) in [7, 11) is 0. The van der Waals surface area contributed by atoms with Gasteiger partial charge in [0, 0.05) is 11.3 Å². The number of nitrogens with one attached hydrogen (secondary N) is 1. The van der Waals surface area contributed by atoms with Crippen molar-refractivity contribution in [3.8, 4) is 0 Å². The van der Waals surface area contributed by atoms with E-state index in [1.807, 2.05) is 45.0 Å². The Morgan fingerprint density at radius 2 is 1.76 bits per heavy atom. The van der Waals surface area contributed by atoms with Crippen LogP contribution in [0.1, 0.15) is 41.3 Å². The van der Waals surface area contributed by atoms with Gasteiger partial charge in [0.05, 0.1) is 17.5 Å². The number of nitrogens with zero attached hydrogens (tertiary/aromatic N) is 1. The molecule has 0 bridgehead atoms. The van der Waals surface area contributed by atoms with Gasteiger partial charge in [-0.3, -0.25) is 19.3 Å². The van der Waals surface area contributed by atoms with Crippen molar-refractivity contribution in [2.24, 2.45) is 11.8 Å². The van der Waals surface area contributed by atoms with Crippen LogP contribution in [0.25, 0.3) is 0 Å². The minimum absolute atomic E-state index is 0.167. The molecule has 1 aliphatic heterocycles. The van der Waals surface area contributed by atoms with Crippen LogP contribution in [0.15, 0.2) is 54.1 Å². The lowest BCUT2D eigenvalue weighted by Gasteiger charge is -2.18. The van der Waals surface area contributed by atoms with Gasteiger partial charge in [0.15, 0.2) is 0 Å². The molecule has 1 fully saturated rings. The topological polar surface area (TPSA) is 66.5 Å². The maximum Gasteiger partial charge on any atom is 0.255 e. The van der Waals surface area contributed by atoms with Crippen LogP contribution in [0.5, 0.6) is 0 Å². The van der Waals surface area contributed by atoms with Crippen molar-refractivity contribution in [1.82, 2.24) is 0 Å². The summed E-state index contributed by atoms with van der Waals surface area (Å²) in [6, 6.07) is 12.5. The highest BCUT2D eigenvalue weighted by Crippen LogP contribution is 2.39. The fraction of sp³-hybridized carbons (Fsp3) is 0.292. The molecule has 1 heterocycles. The molecule has 5 heteroatoms. The van der Waals surface area contributed by atoms with Crippen LogP contribution in [0, 0.1) is 25.7 Å². The molecular weight excluding hydrogens is 364 g/mol. The maximum absolute atomic E-state index is 12.9. The third-order valence-corrected chi connectivity index (χ3v) is 5.82. The van der Waals surface area contributed by atoms with Gasteiger partial charge in [0.2, 0.25) is 11.8 Å². The molecule has 29 heavy (non-hydrogen) atoms. The molecule has 2 aromatic carbocycles. The molecule has 2 aromatic rings. The minimum Gasteiger partial charge on any atom is -0.322 e. The zero-order valence-electron chi connectivity index (χ0n) is 16.9. The van der Waals surface area contributed by atoms with Gasteiger partial charge >= 0.3 is 0 Å². The molecule has 4 rings (SSSR count). The first kappa shape index (κ1) is 19.1. The third-order valence-electron chi connectivity index (χ3n) is 5.82. The highest BCUT2D eigenvalue weighted by Gasteiger charge is 2.48. The molecule has 1 N–H and O–H groups in total. The van der Waals surface area contributed by atoms with Crippen LogP contribution in [0.2, 0.25) is 0 Å². The Bertz CT molecular complexity index is 1050. The Morgan fingerprint density at radius 3 is 2.52 bits per heavy atom. The Morgan fingerprint density at radius 1 is 1.00 bits per heavy atom. The second-order valence-corrected chi connectivity index (χ2v) is 8.04. The quantitative estimate of drug-likeness (QED) is 0.626. The van der Waals surface area contributed by atoms with Crippen molar-refractivity contribution in [2.75, 3.05) is 10.2 Å². The summed E-state index contributed by atoms with van der Waals surface area (Å²) in [6.07, 6.45) is 3.27. The summed E-state index contributed by atoms with van der Waals surface area (Å²) in [6.45, 7) is 5.94. The van der Waals surface area contributed by atoms with Crippen molar-refractivity contribution in [1.29, 1.82) is 0 Å². The van der Waals surface area contributed by atoms with Crippen molar-refractivity contribution < 1.29 is 14.4 Å². The fourth-order valence-electron chi connectivity index (χ4n) is 4.23. The number of hydrogen-bond acceptors (Lipinski definition) is 3. The molecule has 3 amide bonds. The molecule has 0 saturated carbocycles. The average molecular weight is 388 g/mol. The minimum atomic E-state index is -0.293. The van der Waals surface area contributed by atoms with E-state index in [9.17, 15) is 14.4 Å². The second kappa shape index (κ2) is 7.32. The number of allylic oxidation sites excluding steroid dienone is 2. The van der Waals surface area contributed by atoms with E-state index in [2.05, 4.69) is 5.32 Å². The maximum atomic E-state index is 12.9. The van der Waals surface area contributed by atoms with Crippen molar-refractivity contribution in [2.45, 2.75) is 33.6 Å². The van der Waals surface area contributed by atoms with Crippen LogP contribution < -0.4 is 10.2 Å². The number of carbonyl (C=O) groups excluding carboxylic acids is 3. The van der Waals surface area contributed by atoms with Gasteiger partial charge < -0.3 is 5.32 Å². The predicted molar refractivity (Wildman–Crippen MR) is 113 cm³/mol. The molecule has 2 aliphatic rings. The van der Waals surface area contributed by atoms with Gasteiger partial charge in [0.25, 0.3) is 5.91 Å². The molecule has 1 aliphatic carbocycles. The molecule has 0 aromatic heterocycles. The fourth-order valence-corrected chi connectivity index (χ4v) is 4.23. The first-order valence-electron chi connectivity index (χ1n) is 9.87. The van der Waals surface area contributed by atoms with Gasteiger partial charge in [-0.2, -0.15) is 0 Å². The molecular formula is C24H24N2O3. The zero-order valence-corrected chi connectivity index (χ0v) is 16.9. The highest BCUT2D eigenvalue weighted by molar-refractivity contribution is 6.22. The van der Waals surface area contributed by atoms with E-state index in [-0.39, 0.29) is 29.6 Å². The number of imide groups is 1. The third kappa shape index (κ3) is 3.48. The molecule has 0 spiro atoms. The number of benzene rings is 2. The van der Waals surface area contributed by atoms with Crippen molar-refractivity contribution in [3.63, 3.8) is 0 Å². The summed E-state index contributed by atoms with van der Waals surface area (Å²) in [4.78, 5) is 39.8.